The quantitative estimate of drug-likeness (QED) is 0.449. The summed E-state index contributed by atoms with van der Waals surface area (Å²) in [6.07, 6.45) is 4.91. The van der Waals surface area contributed by atoms with Crippen LogP contribution in [0, 0.1) is 0 Å². The number of nitrogens with zero attached hydrogens (tertiary/aromatic N) is 2. The van der Waals surface area contributed by atoms with E-state index in [0.717, 1.165) is 36.9 Å². The molecule has 3 aromatic rings. The van der Waals surface area contributed by atoms with Gasteiger partial charge in [-0.3, -0.25) is 9.59 Å². The van der Waals surface area contributed by atoms with E-state index in [1.54, 1.807) is 12.3 Å². The van der Waals surface area contributed by atoms with Crippen LogP contribution < -0.4 is 14.8 Å². The minimum Gasteiger partial charge on any atom is -0.493 e. The number of nitrogens with one attached hydrogen (secondary N) is 1. The van der Waals surface area contributed by atoms with Crippen molar-refractivity contribution in [1.82, 2.24) is 9.88 Å². The number of amides is 2. The maximum atomic E-state index is 13.1. The number of aromatic nitrogens is 1. The molecule has 192 valence electrons. The summed E-state index contributed by atoms with van der Waals surface area (Å²) in [5.41, 5.74) is 2.75. The monoisotopic (exact) mass is 519 g/mol. The smallest absolute Gasteiger partial charge is 0.276 e. The first-order valence-electron chi connectivity index (χ1n) is 12.5. The number of anilines is 1. The Bertz CT molecular complexity index is 1300. The second kappa shape index (κ2) is 10.4. The summed E-state index contributed by atoms with van der Waals surface area (Å²) < 4.78 is 10.7. The molecule has 5 rings (SSSR count). The topological polar surface area (TPSA) is 80.8 Å². The molecule has 0 spiro atoms. The molecule has 0 unspecified atom stereocenters. The maximum absolute atomic E-state index is 13.1. The number of likely N-dealkylation sites (tertiary alicyclic amines) is 1. The highest BCUT2D eigenvalue weighted by atomic mass is 35.5. The van der Waals surface area contributed by atoms with Crippen molar-refractivity contribution >= 4 is 29.1 Å². The van der Waals surface area contributed by atoms with E-state index in [2.05, 4.69) is 22.4 Å². The summed E-state index contributed by atoms with van der Waals surface area (Å²) in [5.74, 6) is 1.05. The van der Waals surface area contributed by atoms with Crippen molar-refractivity contribution in [2.75, 3.05) is 32.6 Å². The SMILES string of the molecule is COc1ccnc(C(=O)N2CCC(c3ccc(NC(=O)C4(c5cccc(Cl)c5)CC4)cc3)CC2)c1OC. The van der Waals surface area contributed by atoms with Crippen LogP contribution in [-0.2, 0) is 10.2 Å². The number of halogens is 1. The van der Waals surface area contributed by atoms with E-state index >= 15 is 0 Å². The van der Waals surface area contributed by atoms with Crippen molar-refractivity contribution < 1.29 is 19.1 Å². The second-order valence-corrected chi connectivity index (χ2v) is 10.1. The lowest BCUT2D eigenvalue weighted by molar-refractivity contribution is -0.118. The molecular weight excluding hydrogens is 490 g/mol. The van der Waals surface area contributed by atoms with Gasteiger partial charge in [-0.25, -0.2) is 4.98 Å². The second-order valence-electron chi connectivity index (χ2n) is 9.63. The van der Waals surface area contributed by atoms with Crippen molar-refractivity contribution in [1.29, 1.82) is 0 Å². The minimum atomic E-state index is -0.483. The van der Waals surface area contributed by atoms with E-state index in [0.29, 0.717) is 35.5 Å². The number of rotatable bonds is 7. The molecule has 1 aromatic heterocycles. The first-order chi connectivity index (χ1) is 17.9. The molecule has 8 heteroatoms. The largest absolute Gasteiger partial charge is 0.493 e. The Morgan fingerprint density at radius 3 is 2.38 bits per heavy atom. The van der Waals surface area contributed by atoms with Gasteiger partial charge in [0.15, 0.2) is 17.2 Å². The van der Waals surface area contributed by atoms with Gasteiger partial charge < -0.3 is 19.7 Å². The zero-order chi connectivity index (χ0) is 26.0. The van der Waals surface area contributed by atoms with Crippen molar-refractivity contribution in [3.63, 3.8) is 0 Å². The van der Waals surface area contributed by atoms with E-state index in [1.165, 1.54) is 19.8 Å². The highest BCUT2D eigenvalue weighted by molar-refractivity contribution is 6.30. The van der Waals surface area contributed by atoms with E-state index in [1.807, 2.05) is 41.3 Å². The van der Waals surface area contributed by atoms with Gasteiger partial charge in [0, 0.05) is 36.1 Å². The van der Waals surface area contributed by atoms with E-state index in [-0.39, 0.29) is 17.5 Å². The Morgan fingerprint density at radius 2 is 1.76 bits per heavy atom. The fourth-order valence-electron chi connectivity index (χ4n) is 5.15. The van der Waals surface area contributed by atoms with Crippen LogP contribution in [0.2, 0.25) is 5.02 Å². The summed E-state index contributed by atoms with van der Waals surface area (Å²) in [6, 6.07) is 17.3. The van der Waals surface area contributed by atoms with Gasteiger partial charge in [-0.2, -0.15) is 0 Å². The number of pyridine rings is 1. The molecule has 0 atom stereocenters. The molecule has 1 N–H and O–H groups in total. The van der Waals surface area contributed by atoms with Gasteiger partial charge in [-0.15, -0.1) is 0 Å². The summed E-state index contributed by atoms with van der Waals surface area (Å²) in [6.45, 7) is 1.26. The third-order valence-corrected chi connectivity index (χ3v) is 7.71. The fraction of sp³-hybridized carbons (Fsp3) is 0.345. The number of hydrogen-bond donors (Lipinski definition) is 1. The Labute approximate surface area is 221 Å². The molecular formula is C29H30ClN3O4. The number of carbonyl (C=O) groups excluding carboxylic acids is 2. The highest BCUT2D eigenvalue weighted by Crippen LogP contribution is 2.49. The lowest BCUT2D eigenvalue weighted by Crippen LogP contribution is -2.38. The van der Waals surface area contributed by atoms with Crippen LogP contribution in [0.15, 0.2) is 60.8 Å². The van der Waals surface area contributed by atoms with Crippen LogP contribution in [0.3, 0.4) is 0 Å². The number of piperidine rings is 1. The molecule has 2 aromatic carbocycles. The molecule has 2 amide bonds. The average molecular weight is 520 g/mol. The van der Waals surface area contributed by atoms with Gasteiger partial charge in [0.2, 0.25) is 5.91 Å². The Hall–Kier alpha value is -3.58. The lowest BCUT2D eigenvalue weighted by atomic mass is 9.89. The van der Waals surface area contributed by atoms with Crippen LogP contribution in [0.25, 0.3) is 0 Å². The van der Waals surface area contributed by atoms with Crippen molar-refractivity contribution in [3.05, 3.63) is 82.6 Å². The van der Waals surface area contributed by atoms with Gasteiger partial charge >= 0.3 is 0 Å². The fourth-order valence-corrected chi connectivity index (χ4v) is 5.34. The first-order valence-corrected chi connectivity index (χ1v) is 12.9. The summed E-state index contributed by atoms with van der Waals surface area (Å²) in [4.78, 5) is 32.3. The molecule has 1 saturated carbocycles. The lowest BCUT2D eigenvalue weighted by Gasteiger charge is -2.32. The molecule has 1 saturated heterocycles. The Morgan fingerprint density at radius 1 is 1.03 bits per heavy atom. The van der Waals surface area contributed by atoms with Crippen LogP contribution in [0.1, 0.15) is 53.2 Å². The third kappa shape index (κ3) is 5.01. The molecule has 0 radical (unpaired) electrons. The molecule has 1 aliphatic carbocycles. The zero-order valence-corrected chi connectivity index (χ0v) is 21.8. The van der Waals surface area contributed by atoms with Crippen molar-refractivity contribution in [3.8, 4) is 11.5 Å². The summed E-state index contributed by atoms with van der Waals surface area (Å²) in [5, 5.41) is 3.74. The molecule has 2 aliphatic rings. The predicted molar refractivity (Wildman–Crippen MR) is 143 cm³/mol. The Kier molecular flexibility index (Phi) is 7.07. The van der Waals surface area contributed by atoms with Gasteiger partial charge in [0.05, 0.1) is 19.6 Å². The average Bonchev–Trinajstić information content (AvgIpc) is 3.75. The van der Waals surface area contributed by atoms with E-state index in [9.17, 15) is 9.59 Å². The maximum Gasteiger partial charge on any atom is 0.276 e. The normalized spacial score (nSPS) is 16.7. The van der Waals surface area contributed by atoms with E-state index < -0.39 is 5.41 Å². The summed E-state index contributed by atoms with van der Waals surface area (Å²) >= 11 is 6.15. The number of carbonyl (C=O) groups is 2. The minimum absolute atomic E-state index is 0.0101. The van der Waals surface area contributed by atoms with Crippen LogP contribution in [0.5, 0.6) is 11.5 Å². The van der Waals surface area contributed by atoms with Gasteiger partial charge in [-0.1, -0.05) is 35.9 Å². The van der Waals surface area contributed by atoms with Gasteiger partial charge in [0.25, 0.3) is 5.91 Å². The number of methoxy groups -OCH3 is 2. The first kappa shape index (κ1) is 25.1. The van der Waals surface area contributed by atoms with Crippen LogP contribution in [-0.4, -0.2) is 49.0 Å². The number of ether oxygens (including phenoxy) is 2. The third-order valence-electron chi connectivity index (χ3n) is 7.48. The number of hydrogen-bond acceptors (Lipinski definition) is 5. The molecule has 1 aliphatic heterocycles. The predicted octanol–water partition coefficient (Wildman–Crippen LogP) is 5.44. The molecule has 7 nitrogen and oxygen atoms in total. The molecule has 2 fully saturated rings. The zero-order valence-electron chi connectivity index (χ0n) is 21.0. The molecule has 0 bridgehead atoms. The Balaban J connectivity index is 1.19. The van der Waals surface area contributed by atoms with Gasteiger partial charge in [-0.05, 0) is 67.0 Å². The van der Waals surface area contributed by atoms with Crippen LogP contribution >= 0.6 is 11.6 Å². The highest BCUT2D eigenvalue weighted by Gasteiger charge is 2.51. The van der Waals surface area contributed by atoms with Crippen LogP contribution in [0.4, 0.5) is 5.69 Å². The van der Waals surface area contributed by atoms with Gasteiger partial charge in [0.1, 0.15) is 0 Å². The van der Waals surface area contributed by atoms with E-state index in [4.69, 9.17) is 21.1 Å². The summed E-state index contributed by atoms with van der Waals surface area (Å²) in [7, 11) is 3.05. The standard InChI is InChI=1S/C29H30ClN3O4/c1-36-24-10-15-31-25(26(24)37-2)27(34)33-16-11-20(12-17-33)19-6-8-23(9-7-19)32-28(35)29(13-14-29)21-4-3-5-22(30)18-21/h3-10,15,18,20H,11-14,16-17H2,1-2H3,(H,32,35). The molecule has 37 heavy (non-hydrogen) atoms. The van der Waals surface area contributed by atoms with Crippen molar-refractivity contribution in [2.24, 2.45) is 0 Å². The van der Waals surface area contributed by atoms with Crippen molar-refractivity contribution in [2.45, 2.75) is 37.0 Å². The number of benzene rings is 2. The molecule has 2 heterocycles.